The maximum Gasteiger partial charge on any atom is 0.263 e. The first kappa shape index (κ1) is 20.2. The van der Waals surface area contributed by atoms with Crippen LogP contribution in [0, 0.1) is 6.92 Å². The van der Waals surface area contributed by atoms with Gasteiger partial charge in [0, 0.05) is 38.4 Å². The van der Waals surface area contributed by atoms with Crippen molar-refractivity contribution in [1.82, 2.24) is 9.55 Å². The molecule has 1 aromatic carbocycles. The van der Waals surface area contributed by atoms with Crippen LogP contribution in [-0.2, 0) is 11.3 Å². The number of aryl methyl sites for hydroxylation is 1. The average molecular weight is 438 g/mol. The summed E-state index contributed by atoms with van der Waals surface area (Å²) in [6, 6.07) is 10.7. The van der Waals surface area contributed by atoms with Crippen LogP contribution in [0.15, 0.2) is 52.9 Å². The van der Waals surface area contributed by atoms with E-state index in [1.54, 1.807) is 42.5 Å². The predicted octanol–water partition coefficient (Wildman–Crippen LogP) is 4.73. The highest BCUT2D eigenvalue weighted by Crippen LogP contribution is 2.34. The van der Waals surface area contributed by atoms with Crippen molar-refractivity contribution in [3.8, 4) is 10.4 Å². The Bertz CT molecular complexity index is 1300. The minimum Gasteiger partial charge on any atom is -0.326 e. The monoisotopic (exact) mass is 437 g/mol. The Hall–Kier alpha value is -3.10. The van der Waals surface area contributed by atoms with Gasteiger partial charge in [0.05, 0.1) is 18.3 Å². The third-order valence-corrected chi connectivity index (χ3v) is 6.61. The molecule has 0 radical (unpaired) electrons. The third-order valence-electron chi connectivity index (χ3n) is 4.69. The first-order valence-electron chi connectivity index (χ1n) is 9.43. The number of nitrogens with one attached hydrogen (secondary N) is 1. The zero-order valence-electron chi connectivity index (χ0n) is 16.5. The molecule has 4 aromatic rings. The zero-order valence-corrected chi connectivity index (χ0v) is 18.1. The smallest absolute Gasteiger partial charge is 0.263 e. The van der Waals surface area contributed by atoms with E-state index in [0.29, 0.717) is 27.9 Å². The lowest BCUT2D eigenvalue weighted by molar-refractivity contribution is -0.115. The van der Waals surface area contributed by atoms with E-state index in [2.05, 4.69) is 10.3 Å². The zero-order chi connectivity index (χ0) is 21.3. The van der Waals surface area contributed by atoms with E-state index in [0.717, 1.165) is 10.4 Å². The molecule has 0 saturated heterocycles. The molecule has 1 amide bonds. The molecule has 0 bridgehead atoms. The maximum absolute atomic E-state index is 13.1. The summed E-state index contributed by atoms with van der Waals surface area (Å²) in [5.74, 6) is -0.289. The van der Waals surface area contributed by atoms with Crippen LogP contribution in [0.3, 0.4) is 0 Å². The SMILES string of the molecule is CCC(=O)Nc1ccc(C(=O)Cn2cnc3scc(-c4ccc(C)s4)c3c2=O)cc1. The van der Waals surface area contributed by atoms with Gasteiger partial charge in [-0.15, -0.1) is 22.7 Å². The van der Waals surface area contributed by atoms with E-state index in [4.69, 9.17) is 0 Å². The minimum absolute atomic E-state index is 0.0903. The van der Waals surface area contributed by atoms with Gasteiger partial charge in [0.2, 0.25) is 5.91 Å². The van der Waals surface area contributed by atoms with Crippen LogP contribution in [-0.4, -0.2) is 21.2 Å². The van der Waals surface area contributed by atoms with E-state index < -0.39 is 0 Å². The molecule has 6 nitrogen and oxygen atoms in total. The highest BCUT2D eigenvalue weighted by Gasteiger charge is 2.16. The predicted molar refractivity (Wildman–Crippen MR) is 122 cm³/mol. The van der Waals surface area contributed by atoms with Crippen molar-refractivity contribution in [3.63, 3.8) is 0 Å². The Balaban J connectivity index is 1.61. The van der Waals surface area contributed by atoms with E-state index in [9.17, 15) is 14.4 Å². The van der Waals surface area contributed by atoms with Crippen LogP contribution in [0.4, 0.5) is 5.69 Å². The molecule has 152 valence electrons. The summed E-state index contributed by atoms with van der Waals surface area (Å²) in [6.45, 7) is 3.70. The molecule has 0 fully saturated rings. The highest BCUT2D eigenvalue weighted by atomic mass is 32.1. The highest BCUT2D eigenvalue weighted by molar-refractivity contribution is 7.19. The van der Waals surface area contributed by atoms with E-state index in [1.807, 2.05) is 24.4 Å². The first-order chi connectivity index (χ1) is 14.5. The molecular formula is C22H19N3O3S2. The molecule has 0 aliphatic rings. The molecule has 0 aliphatic heterocycles. The number of ketones is 1. The summed E-state index contributed by atoms with van der Waals surface area (Å²) < 4.78 is 1.36. The molecule has 0 unspecified atom stereocenters. The van der Waals surface area contributed by atoms with Crippen molar-refractivity contribution in [2.45, 2.75) is 26.8 Å². The second-order valence-electron chi connectivity index (χ2n) is 6.82. The maximum atomic E-state index is 13.1. The standard InChI is InChI=1S/C22H19N3O3S2/c1-3-19(27)24-15-7-5-14(6-8-15)17(26)10-25-12-23-21-20(22(25)28)16(11-29-21)18-9-4-13(2)30-18/h4-9,11-12H,3,10H2,1-2H3,(H,24,27). The van der Waals surface area contributed by atoms with E-state index >= 15 is 0 Å². The molecule has 3 heterocycles. The number of benzene rings is 1. The van der Waals surface area contributed by atoms with Gasteiger partial charge in [-0.2, -0.15) is 0 Å². The normalized spacial score (nSPS) is 11.0. The van der Waals surface area contributed by atoms with Gasteiger partial charge >= 0.3 is 0 Å². The number of anilines is 1. The fraction of sp³-hybridized carbons (Fsp3) is 0.182. The van der Waals surface area contributed by atoms with E-state index in [-0.39, 0.29) is 23.8 Å². The van der Waals surface area contributed by atoms with Gasteiger partial charge in [-0.3, -0.25) is 19.0 Å². The van der Waals surface area contributed by atoms with Crippen molar-refractivity contribution in [1.29, 1.82) is 0 Å². The molecule has 8 heteroatoms. The largest absolute Gasteiger partial charge is 0.326 e. The van der Waals surface area contributed by atoms with Gasteiger partial charge in [0.25, 0.3) is 5.56 Å². The Morgan fingerprint density at radius 2 is 1.90 bits per heavy atom. The number of rotatable bonds is 6. The number of amides is 1. The van der Waals surface area contributed by atoms with Gasteiger partial charge in [0.1, 0.15) is 4.83 Å². The summed E-state index contributed by atoms with van der Waals surface area (Å²) in [7, 11) is 0. The Labute approximate surface area is 180 Å². The van der Waals surface area contributed by atoms with Crippen molar-refractivity contribution >= 4 is 50.3 Å². The second kappa shape index (κ2) is 8.33. The molecule has 1 N–H and O–H groups in total. The summed E-state index contributed by atoms with van der Waals surface area (Å²) in [6.07, 6.45) is 1.81. The van der Waals surface area contributed by atoms with Crippen LogP contribution >= 0.6 is 22.7 Å². The Kier molecular flexibility index (Phi) is 5.61. The Morgan fingerprint density at radius 3 is 2.57 bits per heavy atom. The third kappa shape index (κ3) is 3.96. The topological polar surface area (TPSA) is 81.1 Å². The number of Topliss-reactive ketones (excluding diaryl/α,β-unsaturated/α-hetero) is 1. The number of carbonyl (C=O) groups is 2. The summed E-state index contributed by atoms with van der Waals surface area (Å²) in [4.78, 5) is 44.5. The molecule has 0 saturated carbocycles. The average Bonchev–Trinajstić information content (AvgIpc) is 3.36. The molecule has 0 atom stereocenters. The van der Waals surface area contributed by atoms with Crippen LogP contribution in [0.2, 0.25) is 0 Å². The second-order valence-corrected chi connectivity index (χ2v) is 8.97. The summed E-state index contributed by atoms with van der Waals surface area (Å²) in [5, 5.41) is 5.24. The van der Waals surface area contributed by atoms with Gasteiger partial charge in [0.15, 0.2) is 5.78 Å². The molecule has 0 aliphatic carbocycles. The molecule has 0 spiro atoms. The van der Waals surface area contributed by atoms with Gasteiger partial charge in [-0.05, 0) is 43.3 Å². The molecular weight excluding hydrogens is 418 g/mol. The number of aromatic nitrogens is 2. The number of hydrogen-bond acceptors (Lipinski definition) is 6. The fourth-order valence-electron chi connectivity index (χ4n) is 3.08. The summed E-state index contributed by atoms with van der Waals surface area (Å²) >= 11 is 3.05. The van der Waals surface area contributed by atoms with E-state index in [1.165, 1.54) is 27.1 Å². The fourth-order valence-corrected chi connectivity index (χ4v) is 4.94. The van der Waals surface area contributed by atoms with Gasteiger partial charge in [-0.25, -0.2) is 4.98 Å². The molecule has 4 rings (SSSR count). The van der Waals surface area contributed by atoms with Crippen LogP contribution in [0.1, 0.15) is 28.6 Å². The van der Waals surface area contributed by atoms with Crippen molar-refractivity contribution in [2.75, 3.05) is 5.32 Å². The summed E-state index contributed by atoms with van der Waals surface area (Å²) in [5.41, 5.74) is 1.75. The van der Waals surface area contributed by atoms with Crippen molar-refractivity contribution < 1.29 is 9.59 Å². The number of thiophene rings is 2. The van der Waals surface area contributed by atoms with Crippen LogP contribution in [0.5, 0.6) is 0 Å². The number of carbonyl (C=O) groups excluding carboxylic acids is 2. The molecule has 3 aromatic heterocycles. The first-order valence-corrected chi connectivity index (χ1v) is 11.1. The van der Waals surface area contributed by atoms with Crippen LogP contribution in [0.25, 0.3) is 20.7 Å². The Morgan fingerprint density at radius 1 is 1.13 bits per heavy atom. The quantitative estimate of drug-likeness (QED) is 0.442. The number of fused-ring (bicyclic) bond motifs is 1. The minimum atomic E-state index is -0.220. The lowest BCUT2D eigenvalue weighted by Crippen LogP contribution is -2.24. The van der Waals surface area contributed by atoms with Gasteiger partial charge < -0.3 is 5.32 Å². The number of nitrogens with zero attached hydrogens (tertiary/aromatic N) is 2. The number of hydrogen-bond donors (Lipinski definition) is 1. The van der Waals surface area contributed by atoms with Crippen molar-refractivity contribution in [2.24, 2.45) is 0 Å². The van der Waals surface area contributed by atoms with Gasteiger partial charge in [-0.1, -0.05) is 6.92 Å². The van der Waals surface area contributed by atoms with Crippen LogP contribution < -0.4 is 10.9 Å². The lowest BCUT2D eigenvalue weighted by Gasteiger charge is -2.07. The van der Waals surface area contributed by atoms with Crippen molar-refractivity contribution in [3.05, 3.63) is 68.9 Å². The lowest BCUT2D eigenvalue weighted by atomic mass is 10.1. The molecule has 30 heavy (non-hydrogen) atoms.